The summed E-state index contributed by atoms with van der Waals surface area (Å²) in [5.74, 6) is -0.423. The quantitative estimate of drug-likeness (QED) is 0.645. The molecule has 0 saturated heterocycles. The van der Waals surface area contributed by atoms with Crippen LogP contribution in [0.4, 0.5) is 11.4 Å². The first-order valence-electron chi connectivity index (χ1n) is 10.1. The normalized spacial score (nSPS) is 15.6. The molecule has 3 aromatic rings. The Bertz CT molecular complexity index is 1000. The van der Waals surface area contributed by atoms with Gasteiger partial charge in [0.15, 0.2) is 0 Å². The molecule has 1 atom stereocenters. The van der Waals surface area contributed by atoms with Crippen LogP contribution in [0.15, 0.2) is 61.2 Å². The van der Waals surface area contributed by atoms with Crippen molar-refractivity contribution < 1.29 is 9.90 Å². The molecule has 2 heterocycles. The van der Waals surface area contributed by atoms with Gasteiger partial charge in [0.25, 0.3) is 0 Å². The molecule has 5 heteroatoms. The van der Waals surface area contributed by atoms with Crippen molar-refractivity contribution >= 4 is 17.3 Å². The van der Waals surface area contributed by atoms with E-state index in [0.717, 1.165) is 49.0 Å². The predicted molar refractivity (Wildman–Crippen MR) is 114 cm³/mol. The third-order valence-electron chi connectivity index (χ3n) is 5.88. The van der Waals surface area contributed by atoms with Gasteiger partial charge in [0, 0.05) is 31.3 Å². The molecule has 4 rings (SSSR count). The van der Waals surface area contributed by atoms with Crippen molar-refractivity contribution in [2.24, 2.45) is 0 Å². The standard InChI is InChI=1S/C24H25N3O2/c1-27(21-6-3-12-25-16-21)20-9-10-22-17(4-2-5-18(22)14-20)7-8-19-15-26-13-11-23(19)24(28)29/h3,6,9-17H,2,4-5,7-8H2,1H3,(H,28,29)/t17-/m0/s1. The van der Waals surface area contributed by atoms with E-state index in [1.165, 1.54) is 11.1 Å². The predicted octanol–water partition coefficient (Wildman–Crippen LogP) is 5.00. The molecule has 0 fully saturated rings. The average molecular weight is 387 g/mol. The number of hydrogen-bond donors (Lipinski definition) is 1. The minimum absolute atomic E-state index is 0.365. The van der Waals surface area contributed by atoms with Crippen LogP contribution in [-0.4, -0.2) is 28.1 Å². The molecule has 5 nitrogen and oxygen atoms in total. The molecule has 2 aromatic heterocycles. The van der Waals surface area contributed by atoms with Crippen LogP contribution in [0.25, 0.3) is 0 Å². The molecule has 29 heavy (non-hydrogen) atoms. The second kappa shape index (κ2) is 8.43. The molecule has 0 aliphatic heterocycles. The molecule has 0 spiro atoms. The second-order valence-electron chi connectivity index (χ2n) is 7.62. The van der Waals surface area contributed by atoms with Gasteiger partial charge in [0.1, 0.15) is 0 Å². The van der Waals surface area contributed by atoms with E-state index in [9.17, 15) is 9.90 Å². The van der Waals surface area contributed by atoms with Gasteiger partial charge < -0.3 is 10.0 Å². The fourth-order valence-electron chi connectivity index (χ4n) is 4.28. The molecule has 0 amide bonds. The molecule has 0 bridgehead atoms. The number of aromatic carboxylic acids is 1. The summed E-state index contributed by atoms with van der Waals surface area (Å²) in [4.78, 5) is 21.9. The third-order valence-corrected chi connectivity index (χ3v) is 5.88. The minimum atomic E-state index is -0.880. The Labute approximate surface area is 171 Å². The number of rotatable bonds is 6. The summed E-state index contributed by atoms with van der Waals surface area (Å²) in [5.41, 5.74) is 6.22. The number of pyridine rings is 2. The number of carboxylic acids is 1. The highest BCUT2D eigenvalue weighted by Crippen LogP contribution is 2.37. The first kappa shape index (κ1) is 19.1. The smallest absolute Gasteiger partial charge is 0.336 e. The molecule has 0 radical (unpaired) electrons. The summed E-state index contributed by atoms with van der Waals surface area (Å²) < 4.78 is 0. The second-order valence-corrected chi connectivity index (χ2v) is 7.62. The monoisotopic (exact) mass is 387 g/mol. The number of benzene rings is 1. The third kappa shape index (κ3) is 4.14. The van der Waals surface area contributed by atoms with E-state index in [-0.39, 0.29) is 0 Å². The molecule has 0 unspecified atom stereocenters. The Morgan fingerprint density at radius 1 is 1.14 bits per heavy atom. The van der Waals surface area contributed by atoms with Gasteiger partial charge in [0.05, 0.1) is 17.4 Å². The number of carbonyl (C=O) groups is 1. The number of carboxylic acid groups (broad SMARTS) is 1. The number of aryl methyl sites for hydroxylation is 2. The van der Waals surface area contributed by atoms with E-state index < -0.39 is 5.97 Å². The molecular weight excluding hydrogens is 362 g/mol. The van der Waals surface area contributed by atoms with Crippen molar-refractivity contribution in [1.82, 2.24) is 9.97 Å². The topological polar surface area (TPSA) is 66.3 Å². The highest BCUT2D eigenvalue weighted by molar-refractivity contribution is 5.89. The fourth-order valence-corrected chi connectivity index (χ4v) is 4.28. The van der Waals surface area contributed by atoms with Crippen LogP contribution in [0.2, 0.25) is 0 Å². The van der Waals surface area contributed by atoms with Gasteiger partial charge in [0.2, 0.25) is 0 Å². The van der Waals surface area contributed by atoms with Crippen LogP contribution in [0.3, 0.4) is 0 Å². The van der Waals surface area contributed by atoms with Crippen LogP contribution in [0.5, 0.6) is 0 Å². The summed E-state index contributed by atoms with van der Waals surface area (Å²) in [6.07, 6.45) is 12.0. The van der Waals surface area contributed by atoms with Gasteiger partial charge in [-0.1, -0.05) is 6.07 Å². The van der Waals surface area contributed by atoms with Gasteiger partial charge >= 0.3 is 5.97 Å². The van der Waals surface area contributed by atoms with Crippen molar-refractivity contribution in [3.05, 3.63) is 83.4 Å². The Kier molecular flexibility index (Phi) is 5.56. The molecule has 1 aliphatic carbocycles. The molecule has 148 valence electrons. The Morgan fingerprint density at radius 3 is 2.79 bits per heavy atom. The number of aromatic nitrogens is 2. The highest BCUT2D eigenvalue weighted by atomic mass is 16.4. The number of nitrogens with zero attached hydrogens (tertiary/aromatic N) is 3. The van der Waals surface area contributed by atoms with Gasteiger partial charge in [-0.15, -0.1) is 0 Å². The number of hydrogen-bond acceptors (Lipinski definition) is 4. The molecule has 1 aliphatic rings. The van der Waals surface area contributed by atoms with Crippen molar-refractivity contribution in [2.45, 2.75) is 38.0 Å². The van der Waals surface area contributed by atoms with Crippen molar-refractivity contribution in [2.75, 3.05) is 11.9 Å². The largest absolute Gasteiger partial charge is 0.478 e. The van der Waals surface area contributed by atoms with E-state index in [2.05, 4.69) is 46.2 Å². The number of anilines is 2. The lowest BCUT2D eigenvalue weighted by Crippen LogP contribution is -2.14. The Balaban J connectivity index is 1.53. The molecule has 1 N–H and O–H groups in total. The molecule has 0 saturated carbocycles. The van der Waals surface area contributed by atoms with Crippen LogP contribution < -0.4 is 4.90 Å². The lowest BCUT2D eigenvalue weighted by atomic mass is 9.79. The van der Waals surface area contributed by atoms with Gasteiger partial charge in [-0.25, -0.2) is 4.79 Å². The van der Waals surface area contributed by atoms with Gasteiger partial charge in [-0.2, -0.15) is 0 Å². The zero-order valence-corrected chi connectivity index (χ0v) is 16.6. The summed E-state index contributed by atoms with van der Waals surface area (Å²) in [7, 11) is 2.06. The number of fused-ring (bicyclic) bond motifs is 1. The highest BCUT2D eigenvalue weighted by Gasteiger charge is 2.22. The van der Waals surface area contributed by atoms with E-state index in [4.69, 9.17) is 0 Å². The van der Waals surface area contributed by atoms with E-state index in [1.54, 1.807) is 24.7 Å². The maximum atomic E-state index is 11.5. The molecular formula is C24H25N3O2. The first-order chi connectivity index (χ1) is 14.1. The Morgan fingerprint density at radius 2 is 2.00 bits per heavy atom. The zero-order valence-electron chi connectivity index (χ0n) is 16.6. The SMILES string of the molecule is CN(c1cccnc1)c1ccc2c(c1)CCC[C@H]2CCc1cnccc1C(=O)O. The first-order valence-corrected chi connectivity index (χ1v) is 10.1. The van der Waals surface area contributed by atoms with Crippen molar-refractivity contribution in [3.63, 3.8) is 0 Å². The lowest BCUT2D eigenvalue weighted by molar-refractivity contribution is 0.0695. The van der Waals surface area contributed by atoms with Crippen LogP contribution in [0, 0.1) is 0 Å². The summed E-state index contributed by atoms with van der Waals surface area (Å²) in [6.45, 7) is 0. The van der Waals surface area contributed by atoms with Gasteiger partial charge in [-0.05, 0) is 85.0 Å². The van der Waals surface area contributed by atoms with E-state index in [0.29, 0.717) is 11.5 Å². The van der Waals surface area contributed by atoms with Crippen LogP contribution in [-0.2, 0) is 12.8 Å². The van der Waals surface area contributed by atoms with Crippen molar-refractivity contribution in [3.8, 4) is 0 Å². The maximum Gasteiger partial charge on any atom is 0.336 e. The molecule has 1 aromatic carbocycles. The summed E-state index contributed by atoms with van der Waals surface area (Å²) in [5, 5.41) is 9.40. The average Bonchev–Trinajstić information content (AvgIpc) is 2.77. The lowest BCUT2D eigenvalue weighted by Gasteiger charge is -2.28. The van der Waals surface area contributed by atoms with E-state index in [1.807, 2.05) is 12.3 Å². The fraction of sp³-hybridized carbons (Fsp3) is 0.292. The minimum Gasteiger partial charge on any atom is -0.478 e. The van der Waals surface area contributed by atoms with Crippen molar-refractivity contribution in [1.29, 1.82) is 0 Å². The van der Waals surface area contributed by atoms with Gasteiger partial charge in [-0.3, -0.25) is 9.97 Å². The maximum absolute atomic E-state index is 11.5. The Hall–Kier alpha value is -3.21. The summed E-state index contributed by atoms with van der Waals surface area (Å²) in [6, 6.07) is 12.3. The zero-order chi connectivity index (χ0) is 20.2. The van der Waals surface area contributed by atoms with Crippen LogP contribution in [0.1, 0.15) is 52.2 Å². The van der Waals surface area contributed by atoms with Crippen LogP contribution >= 0.6 is 0 Å². The van der Waals surface area contributed by atoms with E-state index >= 15 is 0 Å². The summed E-state index contributed by atoms with van der Waals surface area (Å²) >= 11 is 0.